The van der Waals surface area contributed by atoms with Crippen LogP contribution in [0.3, 0.4) is 0 Å². The summed E-state index contributed by atoms with van der Waals surface area (Å²) < 4.78 is 1.52. The third-order valence-electron chi connectivity index (χ3n) is 4.55. The molecule has 2 aromatic carbocycles. The molecule has 1 aliphatic heterocycles. The minimum atomic E-state index is -0.781. The molecule has 140 valence electrons. The monoisotopic (exact) mass is 375 g/mol. The highest BCUT2D eigenvalue weighted by Gasteiger charge is 2.33. The Morgan fingerprint density at radius 1 is 1.11 bits per heavy atom. The highest BCUT2D eigenvalue weighted by Crippen LogP contribution is 2.34. The van der Waals surface area contributed by atoms with Crippen LogP contribution in [0.1, 0.15) is 22.8 Å². The molecule has 3 aromatic rings. The van der Waals surface area contributed by atoms with Crippen LogP contribution in [-0.2, 0) is 9.59 Å². The Morgan fingerprint density at radius 3 is 2.50 bits per heavy atom. The number of hydrogen-bond donors (Lipinski definition) is 3. The maximum absolute atomic E-state index is 12.8. The molecule has 0 spiro atoms. The summed E-state index contributed by atoms with van der Waals surface area (Å²) in [7, 11) is 0. The van der Waals surface area contributed by atoms with E-state index in [9.17, 15) is 14.4 Å². The first-order chi connectivity index (χ1) is 13.5. The number of nitrogens with zero attached hydrogens (tertiary/aromatic N) is 2. The quantitative estimate of drug-likeness (QED) is 0.647. The van der Waals surface area contributed by atoms with Gasteiger partial charge in [0, 0.05) is 16.8 Å². The molecule has 0 fully saturated rings. The van der Waals surface area contributed by atoms with E-state index in [0.717, 1.165) is 11.1 Å². The van der Waals surface area contributed by atoms with Crippen molar-refractivity contribution in [1.82, 2.24) is 9.78 Å². The molecule has 1 aliphatic rings. The van der Waals surface area contributed by atoms with Gasteiger partial charge in [0.2, 0.25) is 17.7 Å². The highest BCUT2D eigenvalue weighted by atomic mass is 16.2. The standard InChI is InChI=1S/C20H17N5O3/c21-18(27)13-6-8-14(9-7-13)23-20(28)16-10-17(26)24-19-15(11-22-25(16)19)12-4-2-1-3-5-12/h1-9,11,16H,10H2,(H2,21,27)(H,23,28)(H,24,26)/t16-/m1/s1. The third kappa shape index (κ3) is 3.23. The van der Waals surface area contributed by atoms with Crippen molar-refractivity contribution in [3.8, 4) is 11.1 Å². The normalized spacial score (nSPS) is 15.4. The molecule has 4 N–H and O–H groups in total. The zero-order valence-electron chi connectivity index (χ0n) is 14.8. The van der Waals surface area contributed by atoms with Crippen LogP contribution in [0.5, 0.6) is 0 Å². The fraction of sp³-hybridized carbons (Fsp3) is 0.100. The number of fused-ring (bicyclic) bond motifs is 1. The maximum Gasteiger partial charge on any atom is 0.249 e. The van der Waals surface area contributed by atoms with Gasteiger partial charge in [0.1, 0.15) is 11.9 Å². The molecule has 0 aliphatic carbocycles. The first-order valence-electron chi connectivity index (χ1n) is 8.66. The lowest BCUT2D eigenvalue weighted by molar-refractivity contribution is -0.125. The minimum absolute atomic E-state index is 0.0197. The number of anilines is 2. The predicted molar refractivity (Wildman–Crippen MR) is 104 cm³/mol. The first-order valence-corrected chi connectivity index (χ1v) is 8.66. The van der Waals surface area contributed by atoms with Crippen LogP contribution in [0.15, 0.2) is 60.8 Å². The molecule has 8 nitrogen and oxygen atoms in total. The van der Waals surface area contributed by atoms with Gasteiger partial charge < -0.3 is 16.4 Å². The molecule has 0 bridgehead atoms. The number of benzene rings is 2. The van der Waals surface area contributed by atoms with Crippen molar-refractivity contribution >= 4 is 29.2 Å². The fourth-order valence-corrected chi connectivity index (χ4v) is 3.14. The minimum Gasteiger partial charge on any atom is -0.366 e. The molecular formula is C20H17N5O3. The maximum atomic E-state index is 12.8. The van der Waals surface area contributed by atoms with Gasteiger partial charge in [0.15, 0.2) is 0 Å². The molecule has 0 saturated carbocycles. The summed E-state index contributed by atoms with van der Waals surface area (Å²) in [5.74, 6) is -0.678. The third-order valence-corrected chi connectivity index (χ3v) is 4.55. The second kappa shape index (κ2) is 6.99. The Bertz CT molecular complexity index is 1060. The van der Waals surface area contributed by atoms with Crippen molar-refractivity contribution in [2.45, 2.75) is 12.5 Å². The summed E-state index contributed by atoms with van der Waals surface area (Å²) in [6.45, 7) is 0. The summed E-state index contributed by atoms with van der Waals surface area (Å²) >= 11 is 0. The van der Waals surface area contributed by atoms with Gasteiger partial charge in [-0.15, -0.1) is 0 Å². The summed E-state index contributed by atoms with van der Waals surface area (Å²) in [6.07, 6.45) is 1.62. The molecule has 2 heterocycles. The number of amides is 3. The molecule has 4 rings (SSSR count). The smallest absolute Gasteiger partial charge is 0.249 e. The Hall–Kier alpha value is -3.94. The van der Waals surface area contributed by atoms with E-state index < -0.39 is 11.9 Å². The number of nitrogens with two attached hydrogens (primary N) is 1. The van der Waals surface area contributed by atoms with Crippen molar-refractivity contribution in [2.24, 2.45) is 5.73 Å². The lowest BCUT2D eigenvalue weighted by atomic mass is 10.1. The van der Waals surface area contributed by atoms with E-state index in [1.807, 2.05) is 30.3 Å². The highest BCUT2D eigenvalue weighted by molar-refractivity contribution is 6.03. The SMILES string of the molecule is NC(=O)c1ccc(NC(=O)[C@H]2CC(=O)Nc3c(-c4ccccc4)cnn32)cc1. The van der Waals surface area contributed by atoms with Gasteiger partial charge in [-0.25, -0.2) is 4.68 Å². The van der Waals surface area contributed by atoms with Gasteiger partial charge in [0.05, 0.1) is 12.6 Å². The van der Waals surface area contributed by atoms with Crippen molar-refractivity contribution in [2.75, 3.05) is 10.6 Å². The van der Waals surface area contributed by atoms with Crippen molar-refractivity contribution in [1.29, 1.82) is 0 Å². The van der Waals surface area contributed by atoms with Gasteiger partial charge >= 0.3 is 0 Å². The Labute approximate surface area is 160 Å². The number of nitrogens with one attached hydrogen (secondary N) is 2. The number of primary amides is 1. The Balaban J connectivity index is 1.61. The number of aromatic nitrogens is 2. The van der Waals surface area contributed by atoms with Crippen molar-refractivity contribution in [3.63, 3.8) is 0 Å². The topological polar surface area (TPSA) is 119 Å². The van der Waals surface area contributed by atoms with Gasteiger partial charge in [-0.2, -0.15) is 5.10 Å². The van der Waals surface area contributed by atoms with Gasteiger partial charge in [-0.1, -0.05) is 30.3 Å². The Kier molecular flexibility index (Phi) is 4.36. The van der Waals surface area contributed by atoms with E-state index in [0.29, 0.717) is 17.1 Å². The molecule has 0 saturated heterocycles. The molecule has 1 aromatic heterocycles. The fourth-order valence-electron chi connectivity index (χ4n) is 3.14. The largest absolute Gasteiger partial charge is 0.366 e. The average molecular weight is 375 g/mol. The molecule has 28 heavy (non-hydrogen) atoms. The van der Waals surface area contributed by atoms with Crippen molar-refractivity contribution < 1.29 is 14.4 Å². The van der Waals surface area contributed by atoms with Gasteiger partial charge in [0.25, 0.3) is 0 Å². The number of carbonyl (C=O) groups excluding carboxylic acids is 3. The number of carbonyl (C=O) groups is 3. The van der Waals surface area contributed by atoms with E-state index >= 15 is 0 Å². The molecule has 1 atom stereocenters. The van der Waals surface area contributed by atoms with Crippen LogP contribution >= 0.6 is 0 Å². The van der Waals surface area contributed by atoms with Crippen LogP contribution in [0.25, 0.3) is 11.1 Å². The summed E-state index contributed by atoms with van der Waals surface area (Å²) in [6, 6.07) is 14.9. The van der Waals surface area contributed by atoms with E-state index in [4.69, 9.17) is 5.73 Å². The average Bonchev–Trinajstić information content (AvgIpc) is 3.12. The van der Waals surface area contributed by atoms with E-state index in [-0.39, 0.29) is 18.2 Å². The van der Waals surface area contributed by atoms with Crippen LogP contribution in [0.4, 0.5) is 11.5 Å². The second-order valence-corrected chi connectivity index (χ2v) is 6.42. The zero-order valence-corrected chi connectivity index (χ0v) is 14.8. The molecule has 0 radical (unpaired) electrons. The van der Waals surface area contributed by atoms with E-state index in [1.54, 1.807) is 18.3 Å². The molecule has 8 heteroatoms. The summed E-state index contributed by atoms with van der Waals surface area (Å²) in [5, 5.41) is 9.89. The number of rotatable bonds is 4. The lowest BCUT2D eigenvalue weighted by Crippen LogP contribution is -2.35. The summed E-state index contributed by atoms with van der Waals surface area (Å²) in [5.41, 5.74) is 7.70. The lowest BCUT2D eigenvalue weighted by Gasteiger charge is -2.24. The predicted octanol–water partition coefficient (Wildman–Crippen LogP) is 2.17. The molecular weight excluding hydrogens is 358 g/mol. The van der Waals surface area contributed by atoms with Gasteiger partial charge in [-0.3, -0.25) is 14.4 Å². The molecule has 0 unspecified atom stereocenters. The van der Waals surface area contributed by atoms with Crippen LogP contribution in [0, 0.1) is 0 Å². The van der Waals surface area contributed by atoms with Crippen LogP contribution < -0.4 is 16.4 Å². The zero-order chi connectivity index (χ0) is 19.7. The van der Waals surface area contributed by atoms with Gasteiger partial charge in [-0.05, 0) is 29.8 Å². The van der Waals surface area contributed by atoms with Crippen molar-refractivity contribution in [3.05, 3.63) is 66.4 Å². The van der Waals surface area contributed by atoms with Crippen LogP contribution in [0.2, 0.25) is 0 Å². The van der Waals surface area contributed by atoms with Crippen LogP contribution in [-0.4, -0.2) is 27.5 Å². The number of hydrogen-bond acceptors (Lipinski definition) is 4. The summed E-state index contributed by atoms with van der Waals surface area (Å²) in [4.78, 5) is 36.2. The Morgan fingerprint density at radius 2 is 1.82 bits per heavy atom. The second-order valence-electron chi connectivity index (χ2n) is 6.42. The molecule has 3 amide bonds. The van der Waals surface area contributed by atoms with E-state index in [2.05, 4.69) is 15.7 Å². The van der Waals surface area contributed by atoms with E-state index in [1.165, 1.54) is 16.8 Å². The first kappa shape index (κ1) is 17.5.